The summed E-state index contributed by atoms with van der Waals surface area (Å²) in [6.07, 6.45) is 13.0. The number of nitrogens with one attached hydrogen (secondary N) is 1. The van der Waals surface area contributed by atoms with Gasteiger partial charge in [0.1, 0.15) is 0 Å². The number of carbonyl (C=O) groups is 1. The van der Waals surface area contributed by atoms with E-state index in [0.717, 1.165) is 23.5 Å². The van der Waals surface area contributed by atoms with E-state index in [1.165, 1.54) is 61.6 Å². The van der Waals surface area contributed by atoms with Gasteiger partial charge in [-0.15, -0.1) is 0 Å². The van der Waals surface area contributed by atoms with Crippen molar-refractivity contribution in [2.75, 3.05) is 14.1 Å². The lowest BCUT2D eigenvalue weighted by Gasteiger charge is -2.15. The fourth-order valence-electron chi connectivity index (χ4n) is 3.91. The van der Waals surface area contributed by atoms with Crippen LogP contribution in [0, 0.1) is 11.3 Å². The summed E-state index contributed by atoms with van der Waals surface area (Å²) in [5.74, 6) is 1.13. The molecule has 27 heavy (non-hydrogen) atoms. The first-order valence-corrected chi connectivity index (χ1v) is 10.2. The molecule has 148 valence electrons. The Bertz CT molecular complexity index is 662. The molecule has 1 aromatic rings. The predicted molar refractivity (Wildman–Crippen MR) is 112 cm³/mol. The summed E-state index contributed by atoms with van der Waals surface area (Å²) in [6, 6.07) is 6.26. The summed E-state index contributed by atoms with van der Waals surface area (Å²) in [5.41, 5.74) is 8.97. The second-order valence-corrected chi connectivity index (χ2v) is 7.61. The lowest BCUT2D eigenvalue weighted by atomic mass is 9.95. The van der Waals surface area contributed by atoms with Crippen LogP contribution in [0.25, 0.3) is 0 Å². The molecule has 1 saturated carbocycles. The number of benzene rings is 1. The van der Waals surface area contributed by atoms with Crippen LogP contribution in [0.1, 0.15) is 68.1 Å². The number of aryl methyl sites for hydroxylation is 2. The summed E-state index contributed by atoms with van der Waals surface area (Å²) in [4.78, 5) is 17.4. The Morgan fingerprint density at radius 2 is 2.04 bits per heavy atom. The third kappa shape index (κ3) is 6.49. The standard InChI is InChI=1S/C22H34N4O/c1-25-22(24)26(2)21(27)14-12-18-11-13-19(20(15-18)16-23)10-6-5-9-17-7-3-4-8-17/h11,13,15-17,23H,3-10,12,14H2,1-2H3,(H2,24,25). The van der Waals surface area contributed by atoms with Gasteiger partial charge in [-0.25, -0.2) is 0 Å². The van der Waals surface area contributed by atoms with Crippen molar-refractivity contribution in [1.82, 2.24) is 4.90 Å². The highest BCUT2D eigenvalue weighted by Gasteiger charge is 2.14. The van der Waals surface area contributed by atoms with Crippen molar-refractivity contribution >= 4 is 18.1 Å². The van der Waals surface area contributed by atoms with Gasteiger partial charge in [0.05, 0.1) is 0 Å². The molecule has 0 saturated heterocycles. The highest BCUT2D eigenvalue weighted by Crippen LogP contribution is 2.29. The number of hydrogen-bond donors (Lipinski definition) is 2. The molecule has 0 unspecified atom stereocenters. The van der Waals surface area contributed by atoms with Crippen LogP contribution >= 0.6 is 0 Å². The quantitative estimate of drug-likeness (QED) is 0.392. The van der Waals surface area contributed by atoms with Crippen molar-refractivity contribution < 1.29 is 4.79 Å². The Hall–Kier alpha value is -2.17. The minimum atomic E-state index is -0.0505. The number of amides is 1. The van der Waals surface area contributed by atoms with Gasteiger partial charge < -0.3 is 11.1 Å². The number of nitrogens with two attached hydrogens (primary N) is 1. The third-order valence-corrected chi connectivity index (χ3v) is 5.72. The van der Waals surface area contributed by atoms with Gasteiger partial charge in [0.25, 0.3) is 0 Å². The summed E-state index contributed by atoms with van der Waals surface area (Å²) >= 11 is 0. The average Bonchev–Trinajstić information content (AvgIpc) is 3.22. The van der Waals surface area contributed by atoms with Gasteiger partial charge in [-0.05, 0) is 47.9 Å². The number of nitrogens with zero attached hydrogens (tertiary/aromatic N) is 2. The molecular formula is C22H34N4O. The number of aliphatic imine (C=N–C) groups is 1. The molecule has 1 amide bonds. The number of carbonyl (C=O) groups excluding carboxylic acids is 1. The molecular weight excluding hydrogens is 336 g/mol. The molecule has 1 aromatic carbocycles. The summed E-state index contributed by atoms with van der Waals surface area (Å²) < 4.78 is 0. The van der Waals surface area contributed by atoms with E-state index in [2.05, 4.69) is 17.1 Å². The first-order valence-electron chi connectivity index (χ1n) is 10.2. The molecule has 0 aliphatic heterocycles. The van der Waals surface area contributed by atoms with E-state index in [-0.39, 0.29) is 11.9 Å². The monoisotopic (exact) mass is 370 g/mol. The summed E-state index contributed by atoms with van der Waals surface area (Å²) in [6.45, 7) is 0. The normalized spacial score (nSPS) is 15.1. The third-order valence-electron chi connectivity index (χ3n) is 5.72. The minimum absolute atomic E-state index is 0.0505. The molecule has 0 spiro atoms. The van der Waals surface area contributed by atoms with Crippen LogP contribution in [0.5, 0.6) is 0 Å². The maximum absolute atomic E-state index is 12.1. The largest absolute Gasteiger partial charge is 0.369 e. The van der Waals surface area contributed by atoms with Crippen molar-refractivity contribution in [3.05, 3.63) is 34.9 Å². The molecule has 5 heteroatoms. The lowest BCUT2D eigenvalue weighted by molar-refractivity contribution is -0.126. The summed E-state index contributed by atoms with van der Waals surface area (Å²) in [5, 5.41) is 7.73. The highest BCUT2D eigenvalue weighted by atomic mass is 16.2. The first kappa shape index (κ1) is 21.1. The Balaban J connectivity index is 1.83. The van der Waals surface area contributed by atoms with E-state index in [4.69, 9.17) is 11.1 Å². The lowest BCUT2D eigenvalue weighted by Crippen LogP contribution is -2.38. The fourth-order valence-corrected chi connectivity index (χ4v) is 3.91. The van der Waals surface area contributed by atoms with Gasteiger partial charge in [0.2, 0.25) is 5.91 Å². The number of rotatable bonds is 9. The van der Waals surface area contributed by atoms with Crippen LogP contribution in [0.3, 0.4) is 0 Å². The molecule has 0 atom stereocenters. The Morgan fingerprint density at radius 3 is 2.70 bits per heavy atom. The highest BCUT2D eigenvalue weighted by molar-refractivity contribution is 5.95. The molecule has 5 nitrogen and oxygen atoms in total. The molecule has 3 N–H and O–H groups in total. The second-order valence-electron chi connectivity index (χ2n) is 7.61. The summed E-state index contributed by atoms with van der Waals surface area (Å²) in [7, 11) is 3.21. The van der Waals surface area contributed by atoms with Crippen molar-refractivity contribution in [3.8, 4) is 0 Å². The maximum Gasteiger partial charge on any atom is 0.229 e. The van der Waals surface area contributed by atoms with Crippen LogP contribution in [0.15, 0.2) is 23.2 Å². The molecule has 1 aliphatic rings. The first-order chi connectivity index (χ1) is 13.0. The van der Waals surface area contributed by atoms with Gasteiger partial charge in [0, 0.05) is 26.7 Å². The Morgan fingerprint density at radius 1 is 1.30 bits per heavy atom. The zero-order valence-corrected chi connectivity index (χ0v) is 16.8. The van der Waals surface area contributed by atoms with Crippen molar-refractivity contribution in [3.63, 3.8) is 0 Å². The van der Waals surface area contributed by atoms with Gasteiger partial charge in [0.15, 0.2) is 5.96 Å². The molecule has 0 heterocycles. The van der Waals surface area contributed by atoms with Crippen LogP contribution in [-0.4, -0.2) is 37.1 Å². The van der Waals surface area contributed by atoms with Crippen molar-refractivity contribution in [2.45, 2.75) is 64.2 Å². The predicted octanol–water partition coefficient (Wildman–Crippen LogP) is 3.92. The van der Waals surface area contributed by atoms with Gasteiger partial charge >= 0.3 is 0 Å². The molecule has 1 aliphatic carbocycles. The number of guanidine groups is 1. The molecule has 0 aromatic heterocycles. The fraction of sp³-hybridized carbons (Fsp3) is 0.591. The van der Waals surface area contributed by atoms with Gasteiger partial charge in [-0.3, -0.25) is 14.7 Å². The van der Waals surface area contributed by atoms with E-state index in [1.54, 1.807) is 14.1 Å². The molecule has 1 fully saturated rings. The van der Waals surface area contributed by atoms with Crippen LogP contribution in [-0.2, 0) is 17.6 Å². The molecule has 2 rings (SSSR count). The average molecular weight is 371 g/mol. The van der Waals surface area contributed by atoms with Crippen molar-refractivity contribution in [1.29, 1.82) is 5.41 Å². The zero-order valence-electron chi connectivity index (χ0n) is 16.8. The van der Waals surface area contributed by atoms with E-state index in [9.17, 15) is 4.79 Å². The van der Waals surface area contributed by atoms with E-state index in [0.29, 0.717) is 12.8 Å². The molecule has 0 radical (unpaired) electrons. The van der Waals surface area contributed by atoms with Crippen LogP contribution in [0.2, 0.25) is 0 Å². The topological polar surface area (TPSA) is 82.5 Å². The second kappa shape index (κ2) is 10.9. The van der Waals surface area contributed by atoms with Crippen LogP contribution in [0.4, 0.5) is 0 Å². The van der Waals surface area contributed by atoms with Crippen molar-refractivity contribution in [2.24, 2.45) is 16.6 Å². The maximum atomic E-state index is 12.1. The molecule has 0 bridgehead atoms. The van der Waals surface area contributed by atoms with E-state index >= 15 is 0 Å². The minimum Gasteiger partial charge on any atom is -0.369 e. The van der Waals surface area contributed by atoms with E-state index in [1.807, 2.05) is 6.07 Å². The zero-order chi connectivity index (χ0) is 19.6. The van der Waals surface area contributed by atoms with E-state index < -0.39 is 0 Å². The Labute approximate surface area is 163 Å². The Kier molecular flexibility index (Phi) is 8.49. The smallest absolute Gasteiger partial charge is 0.229 e. The van der Waals surface area contributed by atoms with Gasteiger partial charge in [-0.2, -0.15) is 0 Å². The number of hydrogen-bond acceptors (Lipinski definition) is 3. The van der Waals surface area contributed by atoms with Gasteiger partial charge in [-0.1, -0.05) is 50.7 Å². The number of unbranched alkanes of at least 4 members (excludes halogenated alkanes) is 1. The van der Waals surface area contributed by atoms with Crippen LogP contribution < -0.4 is 5.73 Å². The SMILES string of the molecule is CN=C(N)N(C)C(=O)CCc1ccc(CCCCC2CCCC2)c(C=N)c1.